The van der Waals surface area contributed by atoms with E-state index in [0.29, 0.717) is 11.2 Å². The fourth-order valence-electron chi connectivity index (χ4n) is 2.09. The van der Waals surface area contributed by atoms with Crippen molar-refractivity contribution in [3.63, 3.8) is 0 Å². The van der Waals surface area contributed by atoms with Gasteiger partial charge in [0.25, 0.3) is 0 Å². The summed E-state index contributed by atoms with van der Waals surface area (Å²) < 4.78 is 0. The molecule has 1 N–H and O–H groups in total. The molecule has 1 unspecified atom stereocenters. The van der Waals surface area contributed by atoms with Crippen LogP contribution in [0.5, 0.6) is 0 Å². The number of likely N-dealkylation sites (N-methyl/N-ethyl adjacent to an activating group) is 1. The summed E-state index contributed by atoms with van der Waals surface area (Å²) in [6.07, 6.45) is 2.51. The van der Waals surface area contributed by atoms with Crippen LogP contribution in [0.1, 0.15) is 18.5 Å². The van der Waals surface area contributed by atoms with Crippen molar-refractivity contribution in [3.05, 3.63) is 23.0 Å². The summed E-state index contributed by atoms with van der Waals surface area (Å²) in [5, 5.41) is 11.7. The third kappa shape index (κ3) is 3.14. The Morgan fingerprint density at radius 2 is 2.38 bits per heavy atom. The summed E-state index contributed by atoms with van der Waals surface area (Å²) in [7, 11) is 2.02. The van der Waals surface area contributed by atoms with Gasteiger partial charge in [-0.05, 0) is 38.6 Å². The van der Waals surface area contributed by atoms with Crippen LogP contribution in [0.25, 0.3) is 0 Å². The van der Waals surface area contributed by atoms with Gasteiger partial charge in [-0.1, -0.05) is 11.6 Å². The minimum atomic E-state index is 0.454. The number of likely N-dealkylation sites (tertiary alicyclic amines) is 1. The maximum Gasteiger partial charge on any atom is 0.151 e. The molecule has 5 heteroatoms. The van der Waals surface area contributed by atoms with Crippen LogP contribution in [0.3, 0.4) is 0 Å². The van der Waals surface area contributed by atoms with Crippen LogP contribution in [-0.2, 0) is 6.54 Å². The molecule has 0 amide bonds. The second kappa shape index (κ2) is 5.57. The Morgan fingerprint density at radius 1 is 1.50 bits per heavy atom. The SMILES string of the molecule is CNC1CCCN(Cc2ccc(Cl)nn2)C1. The summed E-state index contributed by atoms with van der Waals surface area (Å²) in [5.41, 5.74) is 0.987. The van der Waals surface area contributed by atoms with E-state index in [1.807, 2.05) is 13.1 Å². The lowest BCUT2D eigenvalue weighted by Crippen LogP contribution is -2.44. The van der Waals surface area contributed by atoms with Gasteiger partial charge in [-0.2, -0.15) is 5.10 Å². The van der Waals surface area contributed by atoms with E-state index in [1.54, 1.807) is 6.07 Å². The molecule has 1 aromatic heterocycles. The van der Waals surface area contributed by atoms with Crippen molar-refractivity contribution in [2.45, 2.75) is 25.4 Å². The van der Waals surface area contributed by atoms with E-state index in [1.165, 1.54) is 12.8 Å². The normalized spacial score (nSPS) is 22.2. The number of halogens is 1. The van der Waals surface area contributed by atoms with Gasteiger partial charge < -0.3 is 5.32 Å². The molecule has 1 atom stereocenters. The Morgan fingerprint density at radius 3 is 3.06 bits per heavy atom. The highest BCUT2D eigenvalue weighted by atomic mass is 35.5. The largest absolute Gasteiger partial charge is 0.316 e. The van der Waals surface area contributed by atoms with E-state index >= 15 is 0 Å². The Kier molecular flexibility index (Phi) is 4.09. The van der Waals surface area contributed by atoms with Gasteiger partial charge in [0.1, 0.15) is 0 Å². The molecule has 0 radical (unpaired) electrons. The molecule has 2 rings (SSSR count). The zero-order chi connectivity index (χ0) is 11.4. The monoisotopic (exact) mass is 240 g/mol. The van der Waals surface area contributed by atoms with Gasteiger partial charge in [0, 0.05) is 19.1 Å². The molecule has 0 saturated carbocycles. The first kappa shape index (κ1) is 11.8. The van der Waals surface area contributed by atoms with Crippen LogP contribution in [0.15, 0.2) is 12.1 Å². The highest BCUT2D eigenvalue weighted by Gasteiger charge is 2.18. The molecule has 0 bridgehead atoms. The van der Waals surface area contributed by atoms with Crippen LogP contribution < -0.4 is 5.32 Å². The van der Waals surface area contributed by atoms with Crippen LogP contribution in [0, 0.1) is 0 Å². The van der Waals surface area contributed by atoms with Crippen molar-refractivity contribution in [3.8, 4) is 0 Å². The van der Waals surface area contributed by atoms with Gasteiger partial charge in [0.15, 0.2) is 5.15 Å². The van der Waals surface area contributed by atoms with E-state index in [9.17, 15) is 0 Å². The van der Waals surface area contributed by atoms with E-state index in [4.69, 9.17) is 11.6 Å². The van der Waals surface area contributed by atoms with E-state index in [2.05, 4.69) is 20.4 Å². The predicted octanol–water partition coefficient (Wildman–Crippen LogP) is 1.31. The van der Waals surface area contributed by atoms with Crippen molar-refractivity contribution >= 4 is 11.6 Å². The summed E-state index contributed by atoms with van der Waals surface area (Å²) >= 11 is 5.70. The van der Waals surface area contributed by atoms with E-state index < -0.39 is 0 Å². The maximum atomic E-state index is 5.70. The zero-order valence-electron chi connectivity index (χ0n) is 9.49. The van der Waals surface area contributed by atoms with Crippen molar-refractivity contribution in [2.24, 2.45) is 0 Å². The Labute approximate surface area is 101 Å². The fourth-order valence-corrected chi connectivity index (χ4v) is 2.19. The minimum absolute atomic E-state index is 0.454. The van der Waals surface area contributed by atoms with Crippen LogP contribution in [0.2, 0.25) is 5.15 Å². The second-order valence-electron chi connectivity index (χ2n) is 4.21. The number of hydrogen-bond acceptors (Lipinski definition) is 4. The van der Waals surface area contributed by atoms with E-state index in [0.717, 1.165) is 25.3 Å². The first-order chi connectivity index (χ1) is 7.78. The van der Waals surface area contributed by atoms with Crippen molar-refractivity contribution < 1.29 is 0 Å². The number of nitrogens with zero attached hydrogens (tertiary/aromatic N) is 3. The van der Waals surface area contributed by atoms with Gasteiger partial charge in [-0.15, -0.1) is 5.10 Å². The number of piperidine rings is 1. The second-order valence-corrected chi connectivity index (χ2v) is 4.60. The molecule has 1 aliphatic heterocycles. The molecular weight excluding hydrogens is 224 g/mol. The quantitative estimate of drug-likeness (QED) is 0.865. The molecule has 1 fully saturated rings. The average Bonchev–Trinajstić information content (AvgIpc) is 2.32. The van der Waals surface area contributed by atoms with Crippen LogP contribution >= 0.6 is 11.6 Å². The van der Waals surface area contributed by atoms with Crippen LogP contribution in [0.4, 0.5) is 0 Å². The van der Waals surface area contributed by atoms with Crippen molar-refractivity contribution in [1.82, 2.24) is 20.4 Å². The maximum absolute atomic E-state index is 5.70. The van der Waals surface area contributed by atoms with Gasteiger partial charge in [-0.25, -0.2) is 0 Å². The van der Waals surface area contributed by atoms with Crippen molar-refractivity contribution in [2.75, 3.05) is 20.1 Å². The number of nitrogens with one attached hydrogen (secondary N) is 1. The number of rotatable bonds is 3. The Bertz CT molecular complexity index is 327. The average molecular weight is 241 g/mol. The highest BCUT2D eigenvalue weighted by Crippen LogP contribution is 2.12. The topological polar surface area (TPSA) is 41.0 Å². The molecule has 88 valence electrons. The third-order valence-electron chi connectivity index (χ3n) is 2.99. The van der Waals surface area contributed by atoms with Gasteiger partial charge in [0.05, 0.1) is 5.69 Å². The molecule has 0 spiro atoms. The fraction of sp³-hybridized carbons (Fsp3) is 0.636. The first-order valence-electron chi connectivity index (χ1n) is 5.65. The summed E-state index contributed by atoms with van der Waals surface area (Å²) in [4.78, 5) is 2.41. The number of aromatic nitrogens is 2. The van der Waals surface area contributed by atoms with Gasteiger partial charge in [-0.3, -0.25) is 4.90 Å². The zero-order valence-corrected chi connectivity index (χ0v) is 10.2. The molecule has 0 aliphatic carbocycles. The Balaban J connectivity index is 1.91. The molecule has 1 aliphatic rings. The highest BCUT2D eigenvalue weighted by molar-refractivity contribution is 6.29. The lowest BCUT2D eigenvalue weighted by atomic mass is 10.1. The summed E-state index contributed by atoms with van der Waals surface area (Å²) in [5.74, 6) is 0. The summed E-state index contributed by atoms with van der Waals surface area (Å²) in [6.45, 7) is 3.09. The number of hydrogen-bond donors (Lipinski definition) is 1. The molecular formula is C11H17ClN4. The lowest BCUT2D eigenvalue weighted by Gasteiger charge is -2.32. The minimum Gasteiger partial charge on any atom is -0.316 e. The lowest BCUT2D eigenvalue weighted by molar-refractivity contribution is 0.185. The molecule has 4 nitrogen and oxygen atoms in total. The van der Waals surface area contributed by atoms with Gasteiger partial charge >= 0.3 is 0 Å². The van der Waals surface area contributed by atoms with Gasteiger partial charge in [0.2, 0.25) is 0 Å². The summed E-state index contributed by atoms with van der Waals surface area (Å²) in [6, 6.07) is 4.34. The molecule has 0 aromatic carbocycles. The van der Waals surface area contributed by atoms with Crippen molar-refractivity contribution in [1.29, 1.82) is 0 Å². The third-order valence-corrected chi connectivity index (χ3v) is 3.19. The van der Waals surface area contributed by atoms with Crippen LogP contribution in [-0.4, -0.2) is 41.3 Å². The predicted molar refractivity (Wildman–Crippen MR) is 64.4 cm³/mol. The van der Waals surface area contributed by atoms with E-state index in [-0.39, 0.29) is 0 Å². The molecule has 1 aromatic rings. The first-order valence-corrected chi connectivity index (χ1v) is 6.03. The molecule has 1 saturated heterocycles. The Hall–Kier alpha value is -0.710. The molecule has 2 heterocycles. The standard InChI is InChI=1S/C11H17ClN4/c1-13-9-3-2-6-16(7-9)8-10-4-5-11(12)15-14-10/h4-5,9,13H,2-3,6-8H2,1H3. The smallest absolute Gasteiger partial charge is 0.151 e. The molecule has 16 heavy (non-hydrogen) atoms.